The summed E-state index contributed by atoms with van der Waals surface area (Å²) in [4.78, 5) is 19.9. The first-order valence-electron chi connectivity index (χ1n) is 10.9. The zero-order valence-corrected chi connectivity index (χ0v) is 17.8. The number of amides is 1. The molecule has 2 aliphatic rings. The van der Waals surface area contributed by atoms with Crippen LogP contribution in [0.25, 0.3) is 0 Å². The van der Waals surface area contributed by atoms with E-state index in [-0.39, 0.29) is 11.3 Å². The van der Waals surface area contributed by atoms with Crippen LogP contribution in [-0.2, 0) is 6.42 Å². The summed E-state index contributed by atoms with van der Waals surface area (Å²) in [7, 11) is 4.03. The van der Waals surface area contributed by atoms with Gasteiger partial charge in [-0.3, -0.25) is 4.79 Å². The maximum absolute atomic E-state index is 13.1. The van der Waals surface area contributed by atoms with Gasteiger partial charge in [0.05, 0.1) is 0 Å². The topological polar surface area (TPSA) is 26.8 Å². The lowest BCUT2D eigenvalue weighted by atomic mass is 9.79. The summed E-state index contributed by atoms with van der Waals surface area (Å²) in [5, 5.41) is 0. The van der Waals surface area contributed by atoms with Gasteiger partial charge in [0.25, 0.3) is 5.91 Å². The third-order valence-corrected chi connectivity index (χ3v) is 6.64. The second kappa shape index (κ2) is 8.58. The third kappa shape index (κ3) is 4.64. The molecule has 2 aromatic rings. The molecule has 2 saturated heterocycles. The Morgan fingerprint density at radius 1 is 1.00 bits per heavy atom. The van der Waals surface area contributed by atoms with Crippen LogP contribution < -0.4 is 4.90 Å². The molecule has 0 radical (unpaired) electrons. The molecule has 4 heteroatoms. The highest BCUT2D eigenvalue weighted by atomic mass is 16.2. The maximum atomic E-state index is 13.1. The number of benzene rings is 2. The van der Waals surface area contributed by atoms with Gasteiger partial charge in [0, 0.05) is 56.9 Å². The van der Waals surface area contributed by atoms with E-state index >= 15 is 0 Å². The monoisotopic (exact) mass is 391 g/mol. The average molecular weight is 392 g/mol. The van der Waals surface area contributed by atoms with Gasteiger partial charge in [-0.15, -0.1) is 0 Å². The van der Waals surface area contributed by atoms with Gasteiger partial charge in [-0.25, -0.2) is 0 Å². The van der Waals surface area contributed by atoms with E-state index in [2.05, 4.69) is 40.1 Å². The van der Waals surface area contributed by atoms with Crippen LogP contribution >= 0.6 is 0 Å². The molecule has 2 heterocycles. The summed E-state index contributed by atoms with van der Waals surface area (Å²) >= 11 is 0. The molecule has 2 aromatic carbocycles. The summed E-state index contributed by atoms with van der Waals surface area (Å²) < 4.78 is 0. The van der Waals surface area contributed by atoms with E-state index in [1.54, 1.807) is 0 Å². The summed E-state index contributed by atoms with van der Waals surface area (Å²) in [6, 6.07) is 18.8. The molecule has 2 aliphatic heterocycles. The number of piperidine rings is 1. The van der Waals surface area contributed by atoms with Crippen molar-refractivity contribution in [2.45, 2.75) is 25.7 Å². The van der Waals surface area contributed by atoms with Crippen LogP contribution in [0.2, 0.25) is 0 Å². The van der Waals surface area contributed by atoms with Crippen LogP contribution in [0.4, 0.5) is 5.69 Å². The van der Waals surface area contributed by atoms with Gasteiger partial charge in [0.15, 0.2) is 0 Å². The Bertz CT molecular complexity index is 835. The molecule has 0 aliphatic carbocycles. The summed E-state index contributed by atoms with van der Waals surface area (Å²) in [6.07, 6.45) is 4.73. The molecule has 1 spiro atoms. The number of nitrogens with zero attached hydrogens (tertiary/aromatic N) is 3. The first kappa shape index (κ1) is 20.0. The molecule has 0 saturated carbocycles. The Labute approximate surface area is 175 Å². The fraction of sp³-hybridized carbons (Fsp3) is 0.480. The molecule has 4 rings (SSSR count). The fourth-order valence-corrected chi connectivity index (χ4v) is 4.97. The van der Waals surface area contributed by atoms with E-state index in [1.807, 2.05) is 43.3 Å². The van der Waals surface area contributed by atoms with E-state index in [4.69, 9.17) is 0 Å². The number of carbonyl (C=O) groups excluding carboxylic acids is 1. The molecule has 4 nitrogen and oxygen atoms in total. The Kier molecular flexibility index (Phi) is 5.91. The molecule has 1 atom stereocenters. The van der Waals surface area contributed by atoms with Gasteiger partial charge in [-0.05, 0) is 56.0 Å². The normalized spacial score (nSPS) is 22.2. The number of anilines is 1. The van der Waals surface area contributed by atoms with E-state index in [1.165, 1.54) is 24.9 Å². The molecule has 0 bridgehead atoms. The predicted octanol–water partition coefficient (Wildman–Crippen LogP) is 3.92. The van der Waals surface area contributed by atoms with Gasteiger partial charge in [-0.1, -0.05) is 36.4 Å². The van der Waals surface area contributed by atoms with E-state index in [0.717, 1.165) is 50.3 Å². The van der Waals surface area contributed by atoms with Crippen molar-refractivity contribution < 1.29 is 4.79 Å². The standard InChI is InChI=1S/C25H33N3O/c1-26(2)23-11-6-10-22(18-23)24(29)28-17-14-25(20-28)13-7-15-27(19-25)16-12-21-8-4-3-5-9-21/h3-6,8-11,18H,7,12-17,19-20H2,1-2H3. The highest BCUT2D eigenvalue weighted by molar-refractivity contribution is 5.95. The van der Waals surface area contributed by atoms with Crippen LogP contribution in [0.3, 0.4) is 0 Å². The molecule has 1 amide bonds. The number of carbonyl (C=O) groups is 1. The second-order valence-corrected chi connectivity index (χ2v) is 9.04. The van der Waals surface area contributed by atoms with E-state index in [9.17, 15) is 4.79 Å². The van der Waals surface area contributed by atoms with Crippen molar-refractivity contribution in [2.24, 2.45) is 5.41 Å². The Hall–Kier alpha value is -2.33. The number of hydrogen-bond acceptors (Lipinski definition) is 3. The van der Waals surface area contributed by atoms with Crippen molar-refractivity contribution in [2.75, 3.05) is 51.7 Å². The van der Waals surface area contributed by atoms with Gasteiger partial charge < -0.3 is 14.7 Å². The zero-order chi connectivity index (χ0) is 20.3. The quantitative estimate of drug-likeness (QED) is 0.773. The fourth-order valence-electron chi connectivity index (χ4n) is 4.97. The lowest BCUT2D eigenvalue weighted by Crippen LogP contribution is -2.46. The second-order valence-electron chi connectivity index (χ2n) is 9.04. The van der Waals surface area contributed by atoms with Crippen LogP contribution in [0.15, 0.2) is 54.6 Å². The van der Waals surface area contributed by atoms with Crippen LogP contribution in [0.5, 0.6) is 0 Å². The van der Waals surface area contributed by atoms with Gasteiger partial charge in [0.1, 0.15) is 0 Å². The first-order chi connectivity index (χ1) is 14.0. The SMILES string of the molecule is CN(C)c1cccc(C(=O)N2CCC3(CCCN(CCc4ccccc4)C3)C2)c1. The molecule has 154 valence electrons. The van der Waals surface area contributed by atoms with Crippen LogP contribution in [-0.4, -0.2) is 62.5 Å². The minimum Gasteiger partial charge on any atom is -0.378 e. The van der Waals surface area contributed by atoms with Crippen LogP contribution in [0, 0.1) is 5.41 Å². The zero-order valence-electron chi connectivity index (χ0n) is 17.8. The average Bonchev–Trinajstić information content (AvgIpc) is 3.15. The van der Waals surface area contributed by atoms with Crippen molar-refractivity contribution in [3.63, 3.8) is 0 Å². The van der Waals surface area contributed by atoms with Crippen molar-refractivity contribution in [1.82, 2.24) is 9.80 Å². The molecule has 0 aromatic heterocycles. The Balaban J connectivity index is 1.37. The smallest absolute Gasteiger partial charge is 0.253 e. The van der Waals surface area contributed by atoms with Crippen molar-refractivity contribution in [3.05, 3.63) is 65.7 Å². The van der Waals surface area contributed by atoms with Crippen molar-refractivity contribution in [1.29, 1.82) is 0 Å². The van der Waals surface area contributed by atoms with Gasteiger partial charge >= 0.3 is 0 Å². The van der Waals surface area contributed by atoms with E-state index in [0.29, 0.717) is 0 Å². The molecule has 29 heavy (non-hydrogen) atoms. The molecule has 1 unspecified atom stereocenters. The van der Waals surface area contributed by atoms with Gasteiger partial charge in [-0.2, -0.15) is 0 Å². The maximum Gasteiger partial charge on any atom is 0.253 e. The summed E-state index contributed by atoms with van der Waals surface area (Å²) in [5.41, 5.74) is 3.58. The third-order valence-electron chi connectivity index (χ3n) is 6.64. The number of likely N-dealkylation sites (tertiary alicyclic amines) is 2. The minimum atomic E-state index is 0.187. The van der Waals surface area contributed by atoms with Gasteiger partial charge in [0.2, 0.25) is 0 Å². The van der Waals surface area contributed by atoms with Crippen LogP contribution in [0.1, 0.15) is 35.2 Å². The number of hydrogen-bond donors (Lipinski definition) is 0. The lowest BCUT2D eigenvalue weighted by Gasteiger charge is -2.40. The van der Waals surface area contributed by atoms with E-state index < -0.39 is 0 Å². The Morgan fingerprint density at radius 2 is 1.83 bits per heavy atom. The molecular weight excluding hydrogens is 358 g/mol. The minimum absolute atomic E-state index is 0.187. The van der Waals surface area contributed by atoms with Crippen molar-refractivity contribution in [3.8, 4) is 0 Å². The number of rotatable bonds is 5. The molecule has 0 N–H and O–H groups in total. The largest absolute Gasteiger partial charge is 0.378 e. The first-order valence-corrected chi connectivity index (χ1v) is 10.9. The predicted molar refractivity (Wildman–Crippen MR) is 120 cm³/mol. The highest BCUT2D eigenvalue weighted by Gasteiger charge is 2.42. The Morgan fingerprint density at radius 3 is 2.62 bits per heavy atom. The summed E-state index contributed by atoms with van der Waals surface area (Å²) in [6.45, 7) is 5.22. The summed E-state index contributed by atoms with van der Waals surface area (Å²) in [5.74, 6) is 0.187. The molecule has 2 fully saturated rings. The van der Waals surface area contributed by atoms with Crippen molar-refractivity contribution >= 4 is 11.6 Å². The highest BCUT2D eigenvalue weighted by Crippen LogP contribution is 2.39. The molecular formula is C25H33N3O. The lowest BCUT2D eigenvalue weighted by molar-refractivity contribution is 0.0692.